The zero-order valence-electron chi connectivity index (χ0n) is 17.1. The van der Waals surface area contributed by atoms with Gasteiger partial charge in [0.1, 0.15) is 5.75 Å². The molecule has 0 radical (unpaired) electrons. The molecular formula is C23H29NO3. The fourth-order valence-electron chi connectivity index (χ4n) is 2.84. The summed E-state index contributed by atoms with van der Waals surface area (Å²) in [6.07, 6.45) is -0.356. The van der Waals surface area contributed by atoms with Crippen molar-refractivity contribution in [2.45, 2.75) is 47.0 Å². The molecule has 0 aliphatic heterocycles. The number of hydrogen-bond donors (Lipinski definition) is 0. The second-order valence-electron chi connectivity index (χ2n) is 7.63. The van der Waals surface area contributed by atoms with Gasteiger partial charge in [-0.2, -0.15) is 0 Å². The second kappa shape index (κ2) is 8.38. The summed E-state index contributed by atoms with van der Waals surface area (Å²) in [4.78, 5) is 25.6. The van der Waals surface area contributed by atoms with Crippen LogP contribution in [-0.4, -0.2) is 29.9 Å². The highest BCUT2D eigenvalue weighted by Gasteiger charge is 2.20. The third-order valence-electron chi connectivity index (χ3n) is 4.67. The van der Waals surface area contributed by atoms with Crippen LogP contribution in [0.2, 0.25) is 0 Å². The number of nitrogens with zero attached hydrogens (tertiary/aromatic N) is 1. The molecular weight excluding hydrogens is 338 g/mol. The predicted molar refractivity (Wildman–Crippen MR) is 110 cm³/mol. The molecule has 1 amide bonds. The Morgan fingerprint density at radius 2 is 1.56 bits per heavy atom. The largest absolute Gasteiger partial charge is 0.415 e. The van der Waals surface area contributed by atoms with Gasteiger partial charge in [0.25, 0.3) is 0 Å². The van der Waals surface area contributed by atoms with Gasteiger partial charge in [-0.1, -0.05) is 51.1 Å². The van der Waals surface area contributed by atoms with Crippen molar-refractivity contribution in [1.29, 1.82) is 0 Å². The van der Waals surface area contributed by atoms with Crippen molar-refractivity contribution in [3.8, 4) is 16.9 Å². The molecule has 2 aromatic rings. The summed E-state index contributed by atoms with van der Waals surface area (Å²) in [5.74, 6) is 0.550. The minimum atomic E-state index is -0.356. The van der Waals surface area contributed by atoms with E-state index in [0.717, 1.165) is 16.7 Å². The number of Topliss-reactive ketones (excluding diaryl/α,β-unsaturated/α-hetero) is 1. The molecule has 0 atom stereocenters. The van der Waals surface area contributed by atoms with Crippen LogP contribution in [0.5, 0.6) is 5.75 Å². The lowest BCUT2D eigenvalue weighted by Crippen LogP contribution is -2.33. The number of amides is 1. The van der Waals surface area contributed by atoms with Crippen LogP contribution < -0.4 is 4.74 Å². The van der Waals surface area contributed by atoms with Crippen LogP contribution in [0, 0.1) is 0 Å². The highest BCUT2D eigenvalue weighted by molar-refractivity contribution is 5.94. The maximum atomic E-state index is 12.4. The Morgan fingerprint density at radius 3 is 2.04 bits per heavy atom. The van der Waals surface area contributed by atoms with Gasteiger partial charge in [-0.3, -0.25) is 4.79 Å². The minimum Gasteiger partial charge on any atom is -0.410 e. The zero-order valence-corrected chi connectivity index (χ0v) is 17.1. The van der Waals surface area contributed by atoms with Gasteiger partial charge in [0.05, 0.1) is 0 Å². The number of hydrogen-bond acceptors (Lipinski definition) is 3. The Bertz CT molecular complexity index is 813. The van der Waals surface area contributed by atoms with E-state index in [1.54, 1.807) is 24.0 Å². The molecule has 0 fully saturated rings. The Balaban J connectivity index is 2.50. The van der Waals surface area contributed by atoms with Crippen LogP contribution in [0.3, 0.4) is 0 Å². The van der Waals surface area contributed by atoms with E-state index in [9.17, 15) is 9.59 Å². The zero-order chi connectivity index (χ0) is 20.2. The quantitative estimate of drug-likeness (QED) is 0.637. The van der Waals surface area contributed by atoms with Crippen LogP contribution in [0.1, 0.15) is 57.5 Å². The first-order valence-electron chi connectivity index (χ1n) is 9.40. The molecule has 2 aromatic carbocycles. The predicted octanol–water partition coefficient (Wildman–Crippen LogP) is 5.69. The molecule has 0 aliphatic carbocycles. The van der Waals surface area contributed by atoms with Gasteiger partial charge < -0.3 is 9.64 Å². The molecule has 0 heterocycles. The highest BCUT2D eigenvalue weighted by Crippen LogP contribution is 2.35. The number of ether oxygens (including phenoxy) is 1. The van der Waals surface area contributed by atoms with Crippen molar-refractivity contribution < 1.29 is 14.3 Å². The normalized spacial score (nSPS) is 11.2. The Morgan fingerprint density at radius 1 is 0.963 bits per heavy atom. The number of benzene rings is 2. The maximum absolute atomic E-state index is 12.4. The van der Waals surface area contributed by atoms with Crippen LogP contribution in [0.4, 0.5) is 4.79 Å². The summed E-state index contributed by atoms with van der Waals surface area (Å²) in [6.45, 7) is 13.0. The molecule has 0 bridgehead atoms. The molecule has 0 N–H and O–H groups in total. The molecule has 27 heavy (non-hydrogen) atoms. The summed E-state index contributed by atoms with van der Waals surface area (Å²) in [7, 11) is 0. The smallest absolute Gasteiger partial charge is 0.410 e. The molecule has 2 rings (SSSR count). The monoisotopic (exact) mass is 367 g/mol. The lowest BCUT2D eigenvalue weighted by Gasteiger charge is -2.23. The first kappa shape index (κ1) is 20.7. The van der Waals surface area contributed by atoms with Crippen molar-refractivity contribution in [3.63, 3.8) is 0 Å². The van der Waals surface area contributed by atoms with Gasteiger partial charge >= 0.3 is 6.09 Å². The van der Waals surface area contributed by atoms with Gasteiger partial charge in [0.2, 0.25) is 0 Å². The second-order valence-corrected chi connectivity index (χ2v) is 7.63. The lowest BCUT2D eigenvalue weighted by molar-refractivity contribution is 0.101. The van der Waals surface area contributed by atoms with Crippen molar-refractivity contribution >= 4 is 11.9 Å². The first-order valence-corrected chi connectivity index (χ1v) is 9.40. The summed E-state index contributed by atoms with van der Waals surface area (Å²) in [5.41, 5.74) is 3.53. The molecule has 0 aromatic heterocycles. The average molecular weight is 367 g/mol. The Kier molecular flexibility index (Phi) is 6.42. The van der Waals surface area contributed by atoms with Crippen molar-refractivity contribution in [3.05, 3.63) is 53.6 Å². The van der Waals surface area contributed by atoms with Gasteiger partial charge in [-0.05, 0) is 49.4 Å². The fraction of sp³-hybridized carbons (Fsp3) is 0.391. The van der Waals surface area contributed by atoms with E-state index in [0.29, 0.717) is 24.4 Å². The van der Waals surface area contributed by atoms with Gasteiger partial charge in [0, 0.05) is 24.2 Å². The molecule has 144 valence electrons. The molecule has 0 aliphatic rings. The van der Waals surface area contributed by atoms with Gasteiger partial charge in [0.15, 0.2) is 5.78 Å². The van der Waals surface area contributed by atoms with Crippen molar-refractivity contribution in [2.75, 3.05) is 13.1 Å². The molecule has 0 saturated carbocycles. The van der Waals surface area contributed by atoms with E-state index in [-0.39, 0.29) is 17.3 Å². The van der Waals surface area contributed by atoms with E-state index in [2.05, 4.69) is 26.8 Å². The summed E-state index contributed by atoms with van der Waals surface area (Å²) < 4.78 is 5.71. The van der Waals surface area contributed by atoms with Crippen LogP contribution in [0.15, 0.2) is 42.5 Å². The van der Waals surface area contributed by atoms with E-state index in [1.165, 1.54) is 0 Å². The van der Waals surface area contributed by atoms with E-state index >= 15 is 0 Å². The standard InChI is InChI=1S/C23H29NO3/c1-7-24(8-2)22(26)27-21-14-13-19(23(4,5)6)15-20(21)18-11-9-17(10-12-18)16(3)25/h9-15H,7-8H2,1-6H3. The van der Waals surface area contributed by atoms with E-state index in [4.69, 9.17) is 4.74 Å². The number of carbonyl (C=O) groups excluding carboxylic acids is 2. The lowest BCUT2D eigenvalue weighted by atomic mass is 9.85. The minimum absolute atomic E-state index is 0.0261. The molecule has 4 nitrogen and oxygen atoms in total. The maximum Gasteiger partial charge on any atom is 0.415 e. The SMILES string of the molecule is CCN(CC)C(=O)Oc1ccc(C(C)(C)C)cc1-c1ccc(C(C)=O)cc1. The highest BCUT2D eigenvalue weighted by atomic mass is 16.6. The van der Waals surface area contributed by atoms with Crippen LogP contribution >= 0.6 is 0 Å². The fourth-order valence-corrected chi connectivity index (χ4v) is 2.84. The van der Waals surface area contributed by atoms with Crippen LogP contribution in [0.25, 0.3) is 11.1 Å². The summed E-state index contributed by atoms with van der Waals surface area (Å²) in [5, 5.41) is 0. The molecule has 0 spiro atoms. The average Bonchev–Trinajstić information content (AvgIpc) is 2.62. The van der Waals surface area contributed by atoms with Gasteiger partial charge in [-0.15, -0.1) is 0 Å². The third-order valence-corrected chi connectivity index (χ3v) is 4.67. The van der Waals surface area contributed by atoms with E-state index < -0.39 is 0 Å². The van der Waals surface area contributed by atoms with E-state index in [1.807, 2.05) is 38.1 Å². The van der Waals surface area contributed by atoms with Crippen molar-refractivity contribution in [1.82, 2.24) is 4.90 Å². The Hall–Kier alpha value is -2.62. The number of rotatable bonds is 5. The first-order chi connectivity index (χ1) is 12.7. The molecule has 0 saturated heterocycles. The number of carbonyl (C=O) groups is 2. The van der Waals surface area contributed by atoms with Crippen LogP contribution in [-0.2, 0) is 5.41 Å². The number of ketones is 1. The van der Waals surface area contributed by atoms with Gasteiger partial charge in [-0.25, -0.2) is 4.79 Å². The van der Waals surface area contributed by atoms with Crippen molar-refractivity contribution in [2.24, 2.45) is 0 Å². The molecule has 4 heteroatoms. The Labute approximate surface area is 162 Å². The third kappa shape index (κ3) is 4.97. The topological polar surface area (TPSA) is 46.6 Å². The summed E-state index contributed by atoms with van der Waals surface area (Å²) in [6, 6.07) is 13.3. The summed E-state index contributed by atoms with van der Waals surface area (Å²) >= 11 is 0. The molecule has 0 unspecified atom stereocenters.